The lowest BCUT2D eigenvalue weighted by Gasteiger charge is -2.13. The summed E-state index contributed by atoms with van der Waals surface area (Å²) in [6, 6.07) is 9.55. The number of alkyl halides is 4. The summed E-state index contributed by atoms with van der Waals surface area (Å²) in [5.74, 6) is 0.790. The predicted molar refractivity (Wildman–Crippen MR) is 139 cm³/mol. The Hall–Kier alpha value is -3.24. The normalized spacial score (nSPS) is 13.7. The summed E-state index contributed by atoms with van der Waals surface area (Å²) in [6.07, 6.45) is 2.41. The molecule has 0 amide bonds. The van der Waals surface area contributed by atoms with Gasteiger partial charge in [0.2, 0.25) is 5.96 Å². The summed E-state index contributed by atoms with van der Waals surface area (Å²) in [7, 11) is 0. The SMILES string of the molecule is FC(F)COc1cc(C=CC(C=Cc2ccc(Cl)c(OCC(F)F)c2)=NNC2=NCCCN2)ccc1Cl. The molecule has 12 heteroatoms. The number of nitrogens with zero attached hydrogens (tertiary/aromatic N) is 2. The van der Waals surface area contributed by atoms with Crippen molar-refractivity contribution in [3.63, 3.8) is 0 Å². The molecule has 0 saturated carbocycles. The van der Waals surface area contributed by atoms with Crippen molar-refractivity contribution in [1.82, 2.24) is 10.7 Å². The number of hydrazone groups is 1. The number of halogens is 6. The second-order valence-corrected chi connectivity index (χ2v) is 8.42. The summed E-state index contributed by atoms with van der Waals surface area (Å²) in [5.41, 5.74) is 4.60. The highest BCUT2D eigenvalue weighted by atomic mass is 35.5. The average Bonchev–Trinajstić information content (AvgIpc) is 2.88. The van der Waals surface area contributed by atoms with Gasteiger partial charge in [0.05, 0.1) is 15.8 Å². The van der Waals surface area contributed by atoms with Gasteiger partial charge >= 0.3 is 0 Å². The van der Waals surface area contributed by atoms with E-state index in [1.807, 2.05) is 0 Å². The van der Waals surface area contributed by atoms with Gasteiger partial charge in [0, 0.05) is 13.1 Å². The fraction of sp³-hybridized carbons (Fsp3) is 0.280. The van der Waals surface area contributed by atoms with Gasteiger partial charge < -0.3 is 14.8 Å². The van der Waals surface area contributed by atoms with Crippen LogP contribution >= 0.6 is 23.2 Å². The Labute approximate surface area is 221 Å². The lowest BCUT2D eigenvalue weighted by molar-refractivity contribution is 0.0817. The van der Waals surface area contributed by atoms with Gasteiger partial charge in [-0.1, -0.05) is 47.5 Å². The average molecular weight is 559 g/mol. The highest BCUT2D eigenvalue weighted by molar-refractivity contribution is 6.32. The first-order chi connectivity index (χ1) is 17.8. The van der Waals surface area contributed by atoms with E-state index in [0.717, 1.165) is 13.0 Å². The van der Waals surface area contributed by atoms with E-state index in [9.17, 15) is 17.6 Å². The maximum Gasteiger partial charge on any atom is 0.272 e. The lowest BCUT2D eigenvalue weighted by Crippen LogP contribution is -2.38. The monoisotopic (exact) mass is 558 g/mol. The van der Waals surface area contributed by atoms with Crippen LogP contribution in [0.4, 0.5) is 17.6 Å². The molecule has 0 radical (unpaired) electrons. The van der Waals surface area contributed by atoms with Crippen LogP contribution < -0.4 is 20.2 Å². The van der Waals surface area contributed by atoms with Gasteiger partial charge in [-0.05, 0) is 54.0 Å². The summed E-state index contributed by atoms with van der Waals surface area (Å²) in [5, 5.41) is 7.88. The molecule has 0 saturated heterocycles. The zero-order valence-electron chi connectivity index (χ0n) is 19.4. The first-order valence-electron chi connectivity index (χ1n) is 11.2. The van der Waals surface area contributed by atoms with Gasteiger partial charge in [0.25, 0.3) is 12.9 Å². The molecule has 0 bridgehead atoms. The van der Waals surface area contributed by atoms with Crippen LogP contribution in [-0.4, -0.2) is 50.8 Å². The van der Waals surface area contributed by atoms with Crippen LogP contribution in [0.1, 0.15) is 17.5 Å². The molecule has 2 N–H and O–H groups in total. The maximum absolute atomic E-state index is 12.5. The minimum absolute atomic E-state index is 0.134. The summed E-state index contributed by atoms with van der Waals surface area (Å²) in [6.45, 7) is -0.109. The second-order valence-electron chi connectivity index (χ2n) is 7.61. The molecule has 0 atom stereocenters. The van der Waals surface area contributed by atoms with Crippen LogP contribution in [0.2, 0.25) is 10.0 Å². The summed E-state index contributed by atoms with van der Waals surface area (Å²) < 4.78 is 60.2. The first-order valence-corrected chi connectivity index (χ1v) is 11.9. The lowest BCUT2D eigenvalue weighted by atomic mass is 10.1. The molecule has 0 aromatic heterocycles. The van der Waals surface area contributed by atoms with E-state index >= 15 is 0 Å². The molecule has 0 fully saturated rings. The zero-order chi connectivity index (χ0) is 26.6. The molecule has 37 heavy (non-hydrogen) atoms. The second kappa shape index (κ2) is 14.5. The Morgan fingerprint density at radius 2 is 1.49 bits per heavy atom. The van der Waals surface area contributed by atoms with Crippen molar-refractivity contribution in [1.29, 1.82) is 0 Å². The number of benzene rings is 2. The third kappa shape index (κ3) is 9.97. The molecule has 1 aliphatic rings. The van der Waals surface area contributed by atoms with E-state index in [2.05, 4.69) is 20.8 Å². The van der Waals surface area contributed by atoms with Crippen LogP contribution in [0, 0.1) is 0 Å². The molecule has 1 heterocycles. The molecule has 2 aromatic rings. The fourth-order valence-electron chi connectivity index (χ4n) is 2.99. The largest absolute Gasteiger partial charge is 0.486 e. The van der Waals surface area contributed by atoms with Gasteiger partial charge in [-0.2, -0.15) is 5.10 Å². The molecular formula is C25H24Cl2F4N4O2. The third-order valence-corrected chi connectivity index (χ3v) is 5.35. The van der Waals surface area contributed by atoms with Gasteiger partial charge in [-0.3, -0.25) is 4.99 Å². The quantitative estimate of drug-likeness (QED) is 0.193. The number of aliphatic imine (C=N–C) groups is 1. The number of allylic oxidation sites excluding steroid dienone is 2. The van der Waals surface area contributed by atoms with E-state index in [1.165, 1.54) is 12.1 Å². The van der Waals surface area contributed by atoms with Crippen LogP contribution in [0.15, 0.2) is 58.6 Å². The van der Waals surface area contributed by atoms with Crippen LogP contribution in [0.5, 0.6) is 11.5 Å². The molecule has 0 spiro atoms. The Morgan fingerprint density at radius 3 is 1.95 bits per heavy atom. The number of nitrogens with one attached hydrogen (secondary N) is 2. The van der Waals surface area contributed by atoms with E-state index < -0.39 is 26.1 Å². The van der Waals surface area contributed by atoms with E-state index in [-0.39, 0.29) is 21.5 Å². The van der Waals surface area contributed by atoms with Crippen molar-refractivity contribution in [2.24, 2.45) is 10.1 Å². The number of ether oxygens (including phenoxy) is 2. The van der Waals surface area contributed by atoms with Crippen LogP contribution in [-0.2, 0) is 0 Å². The Kier molecular flexibility index (Phi) is 11.1. The van der Waals surface area contributed by atoms with Crippen molar-refractivity contribution in [2.75, 3.05) is 26.3 Å². The number of rotatable bonds is 11. The van der Waals surface area contributed by atoms with Gasteiger partial charge in [0.15, 0.2) is 0 Å². The highest BCUT2D eigenvalue weighted by Crippen LogP contribution is 2.27. The van der Waals surface area contributed by atoms with E-state index in [0.29, 0.717) is 29.3 Å². The Morgan fingerprint density at radius 1 is 0.946 bits per heavy atom. The van der Waals surface area contributed by atoms with Crippen molar-refractivity contribution in [3.8, 4) is 11.5 Å². The molecular weight excluding hydrogens is 535 g/mol. The van der Waals surface area contributed by atoms with Crippen LogP contribution in [0.25, 0.3) is 12.2 Å². The summed E-state index contributed by atoms with van der Waals surface area (Å²) >= 11 is 12.1. The Bertz CT molecular complexity index is 1100. The first kappa shape index (κ1) is 28.3. The molecule has 2 aromatic carbocycles. The molecule has 198 valence electrons. The van der Waals surface area contributed by atoms with Crippen molar-refractivity contribution in [2.45, 2.75) is 19.3 Å². The minimum Gasteiger partial charge on any atom is -0.486 e. The smallest absolute Gasteiger partial charge is 0.272 e. The van der Waals surface area contributed by atoms with Gasteiger partial charge in [-0.15, -0.1) is 0 Å². The van der Waals surface area contributed by atoms with Gasteiger partial charge in [-0.25, -0.2) is 23.0 Å². The zero-order valence-corrected chi connectivity index (χ0v) is 21.0. The summed E-state index contributed by atoms with van der Waals surface area (Å²) in [4.78, 5) is 4.30. The van der Waals surface area contributed by atoms with Crippen molar-refractivity contribution >= 4 is 47.0 Å². The topological polar surface area (TPSA) is 67.2 Å². The molecule has 6 nitrogen and oxygen atoms in total. The molecule has 3 rings (SSSR count). The van der Waals surface area contributed by atoms with Crippen molar-refractivity contribution in [3.05, 3.63) is 69.7 Å². The van der Waals surface area contributed by atoms with Crippen LogP contribution in [0.3, 0.4) is 0 Å². The standard InChI is InChI=1S/C25H24Cl2F4N4O2/c26-19-8-4-16(12-21(19)36-14-23(28)29)2-6-18(34-35-25-32-10-1-11-33-25)7-3-17-5-9-20(27)22(13-17)37-15-24(30)31/h2-9,12-13,23-24H,1,10-11,14-15H2,(H2,32,33,35). The number of hydrogen-bond donors (Lipinski definition) is 2. The predicted octanol–water partition coefficient (Wildman–Crippen LogP) is 6.30. The van der Waals surface area contributed by atoms with Gasteiger partial charge in [0.1, 0.15) is 24.7 Å². The highest BCUT2D eigenvalue weighted by Gasteiger charge is 2.09. The number of hydrogen-bond acceptors (Lipinski definition) is 6. The van der Waals surface area contributed by atoms with E-state index in [1.54, 1.807) is 48.6 Å². The maximum atomic E-state index is 12.5. The van der Waals surface area contributed by atoms with Crippen molar-refractivity contribution < 1.29 is 27.0 Å². The molecule has 0 aliphatic carbocycles. The third-order valence-electron chi connectivity index (χ3n) is 4.72. The molecule has 1 aliphatic heterocycles. The Balaban J connectivity index is 1.82. The minimum atomic E-state index is -2.63. The van der Waals surface area contributed by atoms with E-state index in [4.69, 9.17) is 32.7 Å². The molecule has 0 unspecified atom stereocenters. The number of guanidine groups is 1. The fourth-order valence-corrected chi connectivity index (χ4v) is 3.34.